The molecule has 1 heterocycles. The second kappa shape index (κ2) is 4.23. The number of hydrogen-bond donors (Lipinski definition) is 1. The zero-order valence-electron chi connectivity index (χ0n) is 9.40. The zero-order chi connectivity index (χ0) is 12.6. The number of ether oxygens (including phenoxy) is 1. The fourth-order valence-corrected chi connectivity index (χ4v) is 2.68. The van der Waals surface area contributed by atoms with Gasteiger partial charge >= 0.3 is 0 Å². The minimum absolute atomic E-state index is 0.0404. The lowest BCUT2D eigenvalue weighted by Crippen LogP contribution is -2.06. The fourth-order valence-electron chi connectivity index (χ4n) is 1.67. The van der Waals surface area contributed by atoms with Crippen LogP contribution in [0.5, 0.6) is 5.75 Å². The normalized spacial score (nSPS) is 12.2. The van der Waals surface area contributed by atoms with Crippen LogP contribution in [0.1, 0.15) is 13.8 Å². The third-order valence-electron chi connectivity index (χ3n) is 2.26. The summed E-state index contributed by atoms with van der Waals surface area (Å²) in [5, 5.41) is 0.496. The van der Waals surface area contributed by atoms with Crippen LogP contribution < -0.4 is 4.74 Å². The molecule has 0 radical (unpaired) electrons. The number of hydrogen-bond acceptors (Lipinski definition) is 3. The molecule has 0 aliphatic carbocycles. The first-order chi connectivity index (χ1) is 7.89. The smallest absolute Gasteiger partial charge is 0.263 e. The molecule has 1 N–H and O–H groups in total. The molecule has 0 saturated carbocycles. The van der Waals surface area contributed by atoms with E-state index >= 15 is 0 Å². The Bertz CT molecular complexity index is 646. The predicted octanol–water partition coefficient (Wildman–Crippen LogP) is 2.88. The highest BCUT2D eigenvalue weighted by atomic mass is 35.7. The number of nitrogens with one attached hydrogen (secondary N) is 1. The molecule has 1 aromatic heterocycles. The molecule has 92 valence electrons. The van der Waals surface area contributed by atoms with E-state index in [0.717, 1.165) is 0 Å². The molecular weight excluding hydrogens is 262 g/mol. The number of H-pyrrole nitrogens is 1. The number of fused-ring (bicyclic) bond motifs is 1. The van der Waals surface area contributed by atoms with E-state index in [1.807, 2.05) is 13.8 Å². The Hall–Kier alpha value is -1.20. The molecule has 17 heavy (non-hydrogen) atoms. The van der Waals surface area contributed by atoms with Gasteiger partial charge < -0.3 is 9.72 Å². The first kappa shape index (κ1) is 12.3. The van der Waals surface area contributed by atoms with Crippen LogP contribution in [0.2, 0.25) is 0 Å². The number of benzene rings is 1. The van der Waals surface area contributed by atoms with Gasteiger partial charge in [0.25, 0.3) is 9.05 Å². The summed E-state index contributed by atoms with van der Waals surface area (Å²) in [4.78, 5) is 2.91. The molecule has 4 nitrogen and oxygen atoms in total. The van der Waals surface area contributed by atoms with Crippen molar-refractivity contribution in [2.24, 2.45) is 0 Å². The molecule has 2 rings (SSSR count). The summed E-state index contributed by atoms with van der Waals surface area (Å²) in [5.41, 5.74) is 0.683. The van der Waals surface area contributed by atoms with E-state index < -0.39 is 9.05 Å². The minimum atomic E-state index is -3.78. The van der Waals surface area contributed by atoms with E-state index in [2.05, 4.69) is 4.98 Å². The molecule has 0 saturated heterocycles. The molecule has 0 fully saturated rings. The van der Waals surface area contributed by atoms with Gasteiger partial charge in [0.2, 0.25) is 0 Å². The van der Waals surface area contributed by atoms with Crippen molar-refractivity contribution in [2.75, 3.05) is 0 Å². The minimum Gasteiger partial charge on any atom is -0.490 e. The van der Waals surface area contributed by atoms with Crippen molar-refractivity contribution in [1.82, 2.24) is 4.98 Å². The average Bonchev–Trinajstić information content (AvgIpc) is 2.60. The topological polar surface area (TPSA) is 59.2 Å². The van der Waals surface area contributed by atoms with Crippen LogP contribution in [-0.2, 0) is 9.05 Å². The average molecular weight is 274 g/mol. The van der Waals surface area contributed by atoms with Gasteiger partial charge in [-0.05, 0) is 26.0 Å². The highest BCUT2D eigenvalue weighted by Crippen LogP contribution is 2.33. The van der Waals surface area contributed by atoms with Crippen LogP contribution in [0, 0.1) is 0 Å². The van der Waals surface area contributed by atoms with Gasteiger partial charge in [0, 0.05) is 16.9 Å². The Morgan fingerprint density at radius 3 is 2.65 bits per heavy atom. The maximum absolute atomic E-state index is 11.4. The van der Waals surface area contributed by atoms with Gasteiger partial charge in [-0.1, -0.05) is 6.07 Å². The molecule has 1 aromatic carbocycles. The standard InChI is InChI=1S/C11H12ClNO3S/c1-7(2)16-9-5-3-4-8-11(9)10(6-13-8)17(12,14)15/h3-7,13H,1-2H3. The van der Waals surface area contributed by atoms with Gasteiger partial charge in [0.15, 0.2) is 0 Å². The molecule has 6 heteroatoms. The molecule has 0 amide bonds. The summed E-state index contributed by atoms with van der Waals surface area (Å²) >= 11 is 0. The van der Waals surface area contributed by atoms with E-state index in [9.17, 15) is 8.42 Å². The van der Waals surface area contributed by atoms with E-state index in [-0.39, 0.29) is 11.0 Å². The van der Waals surface area contributed by atoms with Gasteiger partial charge in [0.1, 0.15) is 10.6 Å². The summed E-state index contributed by atoms with van der Waals surface area (Å²) in [6.45, 7) is 3.75. The fraction of sp³-hybridized carbons (Fsp3) is 0.273. The monoisotopic (exact) mass is 273 g/mol. The highest BCUT2D eigenvalue weighted by molar-refractivity contribution is 8.14. The maximum Gasteiger partial charge on any atom is 0.263 e. The third kappa shape index (κ3) is 2.40. The molecule has 0 aliphatic rings. The van der Waals surface area contributed by atoms with E-state index in [1.165, 1.54) is 6.20 Å². The van der Waals surface area contributed by atoms with Crippen molar-refractivity contribution >= 4 is 30.6 Å². The van der Waals surface area contributed by atoms with E-state index in [1.54, 1.807) is 18.2 Å². The summed E-state index contributed by atoms with van der Waals surface area (Å²) in [7, 11) is 1.60. The molecule has 2 aromatic rings. The molecule has 0 spiro atoms. The van der Waals surface area contributed by atoms with E-state index in [0.29, 0.717) is 16.7 Å². The maximum atomic E-state index is 11.4. The van der Waals surface area contributed by atoms with Gasteiger partial charge in [-0.2, -0.15) is 0 Å². The number of aromatic nitrogens is 1. The van der Waals surface area contributed by atoms with Gasteiger partial charge in [-0.3, -0.25) is 0 Å². The van der Waals surface area contributed by atoms with E-state index in [4.69, 9.17) is 15.4 Å². The summed E-state index contributed by atoms with van der Waals surface area (Å²) in [6, 6.07) is 5.29. The van der Waals surface area contributed by atoms with Crippen molar-refractivity contribution in [2.45, 2.75) is 24.8 Å². The van der Waals surface area contributed by atoms with Gasteiger partial charge in [0.05, 0.1) is 17.0 Å². The number of aromatic amines is 1. The van der Waals surface area contributed by atoms with Crippen LogP contribution in [0.25, 0.3) is 10.9 Å². The van der Waals surface area contributed by atoms with Gasteiger partial charge in [-0.15, -0.1) is 0 Å². The summed E-state index contributed by atoms with van der Waals surface area (Å²) < 4.78 is 28.5. The van der Waals surface area contributed by atoms with Crippen LogP contribution in [0.15, 0.2) is 29.3 Å². The van der Waals surface area contributed by atoms with Crippen LogP contribution in [0.3, 0.4) is 0 Å². The molecule has 0 unspecified atom stereocenters. The Morgan fingerprint density at radius 1 is 1.35 bits per heavy atom. The van der Waals surface area contributed by atoms with Crippen LogP contribution >= 0.6 is 10.7 Å². The summed E-state index contributed by atoms with van der Waals surface area (Å²) in [5.74, 6) is 0.512. The number of halogens is 1. The van der Waals surface area contributed by atoms with Gasteiger partial charge in [-0.25, -0.2) is 8.42 Å². The molecule has 0 aliphatic heterocycles. The second-order valence-corrected chi connectivity index (χ2v) is 6.47. The quantitative estimate of drug-likeness (QED) is 0.875. The predicted molar refractivity (Wildman–Crippen MR) is 67.1 cm³/mol. The molecular formula is C11H12ClNO3S. The van der Waals surface area contributed by atoms with Crippen molar-refractivity contribution in [3.63, 3.8) is 0 Å². The van der Waals surface area contributed by atoms with Crippen molar-refractivity contribution < 1.29 is 13.2 Å². The summed E-state index contributed by atoms with van der Waals surface area (Å²) in [6.07, 6.45) is 1.33. The Labute approximate surface area is 104 Å². The van der Waals surface area contributed by atoms with Crippen molar-refractivity contribution in [3.8, 4) is 5.75 Å². The SMILES string of the molecule is CC(C)Oc1cccc2[nH]cc(S(=O)(=O)Cl)c12. The Kier molecular flexibility index (Phi) is 3.05. The second-order valence-electron chi connectivity index (χ2n) is 3.94. The third-order valence-corrected chi connectivity index (χ3v) is 3.60. The lowest BCUT2D eigenvalue weighted by Gasteiger charge is -2.11. The lowest BCUT2D eigenvalue weighted by atomic mass is 10.2. The Balaban J connectivity index is 2.72. The zero-order valence-corrected chi connectivity index (χ0v) is 11.0. The largest absolute Gasteiger partial charge is 0.490 e. The van der Waals surface area contributed by atoms with Crippen LogP contribution in [-0.4, -0.2) is 19.5 Å². The molecule has 0 bridgehead atoms. The van der Waals surface area contributed by atoms with Crippen molar-refractivity contribution in [1.29, 1.82) is 0 Å². The lowest BCUT2D eigenvalue weighted by molar-refractivity contribution is 0.245. The Morgan fingerprint density at radius 2 is 2.06 bits per heavy atom. The molecule has 0 atom stereocenters. The first-order valence-corrected chi connectivity index (χ1v) is 7.42. The van der Waals surface area contributed by atoms with Crippen molar-refractivity contribution in [3.05, 3.63) is 24.4 Å². The highest BCUT2D eigenvalue weighted by Gasteiger charge is 2.19. The first-order valence-electron chi connectivity index (χ1n) is 5.11. The number of rotatable bonds is 3. The van der Waals surface area contributed by atoms with Crippen LogP contribution in [0.4, 0.5) is 0 Å².